The summed E-state index contributed by atoms with van der Waals surface area (Å²) in [6, 6.07) is 0.291. The monoisotopic (exact) mass is 285 g/mol. The van der Waals surface area contributed by atoms with Crippen LogP contribution >= 0.6 is 0 Å². The Bertz CT molecular complexity index is 188. The van der Waals surface area contributed by atoms with Gasteiger partial charge in [0.1, 0.15) is 0 Å². The number of nitrogens with zero attached hydrogens (tertiary/aromatic N) is 2. The van der Waals surface area contributed by atoms with Gasteiger partial charge >= 0.3 is 0 Å². The van der Waals surface area contributed by atoms with Gasteiger partial charge in [0.05, 0.1) is 6.04 Å². The van der Waals surface area contributed by atoms with E-state index in [2.05, 4.69) is 63.2 Å². The maximum Gasteiger partial charge on any atom is 0.0653 e. The maximum absolute atomic E-state index is 4.06. The number of hydrogen-bond acceptors (Lipinski definition) is 3. The van der Waals surface area contributed by atoms with Gasteiger partial charge in [-0.1, -0.05) is 47.6 Å². The molecular formula is C17H39N3. The summed E-state index contributed by atoms with van der Waals surface area (Å²) in [5, 5.41) is 3.29. The minimum atomic E-state index is 0.291. The largest absolute Gasteiger partial charge is 0.316 e. The molecule has 0 saturated carbocycles. The van der Waals surface area contributed by atoms with Crippen LogP contribution in [-0.2, 0) is 0 Å². The van der Waals surface area contributed by atoms with E-state index < -0.39 is 0 Å². The highest BCUT2D eigenvalue weighted by Gasteiger charge is 2.06. The lowest BCUT2D eigenvalue weighted by atomic mass is 10.2. The molecule has 1 N–H and O–H groups in total. The van der Waals surface area contributed by atoms with Gasteiger partial charge in [-0.15, -0.1) is 6.58 Å². The number of likely N-dealkylation sites (N-methyl/N-ethyl adjacent to an activating group) is 2. The van der Waals surface area contributed by atoms with Gasteiger partial charge in [0.2, 0.25) is 0 Å². The van der Waals surface area contributed by atoms with E-state index in [1.54, 1.807) is 0 Å². The van der Waals surface area contributed by atoms with E-state index in [9.17, 15) is 0 Å². The van der Waals surface area contributed by atoms with Gasteiger partial charge in [-0.2, -0.15) is 0 Å². The molecule has 20 heavy (non-hydrogen) atoms. The first kappa shape index (κ1) is 24.4. The molecular weight excluding hydrogens is 246 g/mol. The summed E-state index contributed by atoms with van der Waals surface area (Å²) in [7, 11) is 2.11. The fourth-order valence-corrected chi connectivity index (χ4v) is 1.30. The fourth-order valence-electron chi connectivity index (χ4n) is 1.30. The molecule has 0 fully saturated rings. The zero-order valence-electron chi connectivity index (χ0n) is 15.1. The van der Waals surface area contributed by atoms with Crippen molar-refractivity contribution in [3.8, 4) is 0 Å². The molecule has 3 heteroatoms. The van der Waals surface area contributed by atoms with Gasteiger partial charge in [-0.25, -0.2) is 0 Å². The molecule has 0 aromatic heterocycles. The average molecular weight is 286 g/mol. The Morgan fingerprint density at radius 1 is 1.25 bits per heavy atom. The highest BCUT2D eigenvalue weighted by molar-refractivity contribution is 5.24. The molecule has 0 radical (unpaired) electrons. The first-order chi connectivity index (χ1) is 9.47. The van der Waals surface area contributed by atoms with Crippen LogP contribution in [0.3, 0.4) is 0 Å². The minimum Gasteiger partial charge on any atom is -0.316 e. The topological polar surface area (TPSA) is 27.6 Å². The van der Waals surface area contributed by atoms with Crippen molar-refractivity contribution < 1.29 is 0 Å². The van der Waals surface area contributed by atoms with E-state index in [-0.39, 0.29) is 0 Å². The summed E-state index contributed by atoms with van der Waals surface area (Å²) < 4.78 is 0. The van der Waals surface area contributed by atoms with Crippen molar-refractivity contribution in [2.75, 3.05) is 33.2 Å². The third kappa shape index (κ3) is 26.0. The Kier molecular flexibility index (Phi) is 25.1. The molecule has 0 heterocycles. The Hall–Kier alpha value is -0.670. The third-order valence-electron chi connectivity index (χ3n) is 2.14. The SMILES string of the molecule is C=CCC(CN(C)CCNCC)N=C.CC.CC(C)C. The van der Waals surface area contributed by atoms with Crippen molar-refractivity contribution in [1.29, 1.82) is 0 Å². The molecule has 0 aliphatic carbocycles. The highest BCUT2D eigenvalue weighted by Crippen LogP contribution is 1.99. The van der Waals surface area contributed by atoms with Crippen molar-refractivity contribution in [2.45, 2.75) is 54.0 Å². The molecule has 1 unspecified atom stereocenters. The summed E-state index contributed by atoms with van der Waals surface area (Å²) in [5.74, 6) is 0.833. The standard InChI is InChI=1S/C11H23N3.C4H10.C2H6/c1-5-7-11(12-3)10-14(4)9-8-13-6-2;1-4(2)3;1-2/h5,11,13H,1,3,6-10H2,2,4H3;4H,1-3H3;1-2H3. The van der Waals surface area contributed by atoms with E-state index in [1.807, 2.05) is 19.9 Å². The van der Waals surface area contributed by atoms with Gasteiger partial charge < -0.3 is 10.2 Å². The molecule has 0 bridgehead atoms. The Morgan fingerprint density at radius 2 is 1.75 bits per heavy atom. The van der Waals surface area contributed by atoms with E-state index in [0.29, 0.717) is 6.04 Å². The van der Waals surface area contributed by atoms with Crippen molar-refractivity contribution in [3.63, 3.8) is 0 Å². The van der Waals surface area contributed by atoms with Crippen LogP contribution in [0.4, 0.5) is 0 Å². The molecule has 0 rings (SSSR count). The molecule has 0 saturated heterocycles. The van der Waals surface area contributed by atoms with Crippen LogP contribution in [0.5, 0.6) is 0 Å². The van der Waals surface area contributed by atoms with Crippen LogP contribution in [0.15, 0.2) is 17.6 Å². The van der Waals surface area contributed by atoms with E-state index in [4.69, 9.17) is 0 Å². The molecule has 0 spiro atoms. The van der Waals surface area contributed by atoms with Crippen LogP contribution in [0.1, 0.15) is 48.0 Å². The lowest BCUT2D eigenvalue weighted by molar-refractivity contribution is 0.311. The second kappa shape index (κ2) is 20.6. The molecule has 0 aromatic rings. The Labute approximate surface area is 128 Å². The van der Waals surface area contributed by atoms with Gasteiger partial charge in [-0.3, -0.25) is 4.99 Å². The third-order valence-corrected chi connectivity index (χ3v) is 2.14. The Morgan fingerprint density at radius 3 is 2.10 bits per heavy atom. The smallest absolute Gasteiger partial charge is 0.0653 e. The van der Waals surface area contributed by atoms with Gasteiger partial charge in [-0.05, 0) is 32.6 Å². The van der Waals surface area contributed by atoms with Crippen molar-refractivity contribution >= 4 is 6.72 Å². The summed E-state index contributed by atoms with van der Waals surface area (Å²) >= 11 is 0. The normalized spacial score (nSPS) is 11.1. The minimum absolute atomic E-state index is 0.291. The maximum atomic E-state index is 4.06. The summed E-state index contributed by atoms with van der Waals surface area (Å²) in [4.78, 5) is 6.33. The highest BCUT2D eigenvalue weighted by atomic mass is 15.1. The van der Waals surface area contributed by atoms with Crippen LogP contribution in [0.25, 0.3) is 0 Å². The quantitative estimate of drug-likeness (QED) is 0.396. The summed E-state index contributed by atoms with van der Waals surface area (Å²) in [6.07, 6.45) is 2.81. The van der Waals surface area contributed by atoms with Crippen LogP contribution in [0.2, 0.25) is 0 Å². The van der Waals surface area contributed by atoms with Crippen molar-refractivity contribution in [1.82, 2.24) is 10.2 Å². The molecule has 0 aliphatic rings. The van der Waals surface area contributed by atoms with E-state index in [0.717, 1.165) is 38.5 Å². The summed E-state index contributed by atoms with van der Waals surface area (Å²) in [5.41, 5.74) is 0. The van der Waals surface area contributed by atoms with Crippen molar-refractivity contribution in [2.24, 2.45) is 10.9 Å². The second-order valence-electron chi connectivity index (χ2n) is 5.21. The molecule has 3 nitrogen and oxygen atoms in total. The van der Waals surface area contributed by atoms with Crippen molar-refractivity contribution in [3.05, 3.63) is 12.7 Å². The van der Waals surface area contributed by atoms with Crippen LogP contribution < -0.4 is 5.32 Å². The van der Waals surface area contributed by atoms with Gasteiger partial charge in [0.25, 0.3) is 0 Å². The fraction of sp³-hybridized carbons (Fsp3) is 0.824. The van der Waals surface area contributed by atoms with Gasteiger partial charge in [0, 0.05) is 19.6 Å². The number of rotatable bonds is 9. The first-order valence-electron chi connectivity index (χ1n) is 7.93. The molecule has 0 aliphatic heterocycles. The molecule has 1 atom stereocenters. The molecule has 122 valence electrons. The summed E-state index contributed by atoms with van der Waals surface area (Å²) in [6.45, 7) is 24.0. The zero-order chi connectivity index (χ0) is 16.4. The average Bonchev–Trinajstić information content (AvgIpc) is 2.40. The van der Waals surface area contributed by atoms with Gasteiger partial charge in [0.15, 0.2) is 0 Å². The first-order valence-corrected chi connectivity index (χ1v) is 7.93. The predicted molar refractivity (Wildman–Crippen MR) is 96.1 cm³/mol. The lowest BCUT2D eigenvalue weighted by Gasteiger charge is -2.20. The second-order valence-corrected chi connectivity index (χ2v) is 5.21. The zero-order valence-corrected chi connectivity index (χ0v) is 15.1. The predicted octanol–water partition coefficient (Wildman–Crippen LogP) is 3.86. The number of aliphatic imine (C=N–C) groups is 1. The van der Waals surface area contributed by atoms with E-state index in [1.165, 1.54) is 0 Å². The number of nitrogens with one attached hydrogen (secondary N) is 1. The molecule has 0 aromatic carbocycles. The lowest BCUT2D eigenvalue weighted by Crippen LogP contribution is -2.33. The van der Waals surface area contributed by atoms with Crippen LogP contribution in [-0.4, -0.2) is 50.9 Å². The Balaban J connectivity index is -0.000000410. The van der Waals surface area contributed by atoms with E-state index >= 15 is 0 Å². The van der Waals surface area contributed by atoms with Crippen LogP contribution in [0, 0.1) is 5.92 Å². The number of hydrogen-bond donors (Lipinski definition) is 1. The molecule has 0 amide bonds.